The third-order valence-corrected chi connectivity index (χ3v) is 13.1. The van der Waals surface area contributed by atoms with E-state index in [0.717, 1.165) is 99.9 Å². The fourth-order valence-corrected chi connectivity index (χ4v) is 9.89. The van der Waals surface area contributed by atoms with Crippen LogP contribution in [0.5, 0.6) is 0 Å². The van der Waals surface area contributed by atoms with Gasteiger partial charge in [0.2, 0.25) is 0 Å². The molecule has 5 heteroatoms. The highest BCUT2D eigenvalue weighted by molar-refractivity contribution is 6.27. The maximum Gasteiger partial charge on any atom is 0.164 e. The highest BCUT2D eigenvalue weighted by atomic mass is 16.3. The van der Waals surface area contributed by atoms with Crippen molar-refractivity contribution in [3.8, 4) is 84.4 Å². The van der Waals surface area contributed by atoms with Gasteiger partial charge in [-0.2, -0.15) is 0 Å². The minimum Gasteiger partial charge on any atom is -0.456 e. The minimum absolute atomic E-state index is 0.579. The molecule has 0 unspecified atom stereocenters. The first-order chi connectivity index (χ1) is 33.7. The summed E-state index contributed by atoms with van der Waals surface area (Å²) in [5.74, 6) is 1.79. The van der Waals surface area contributed by atoms with E-state index in [0.29, 0.717) is 17.5 Å². The highest BCUT2D eigenvalue weighted by Gasteiger charge is 2.22. The van der Waals surface area contributed by atoms with Crippen molar-refractivity contribution in [2.45, 2.75) is 0 Å². The van der Waals surface area contributed by atoms with Gasteiger partial charge in [0.05, 0.1) is 11.0 Å². The first-order valence-corrected chi connectivity index (χ1v) is 22.9. The zero-order chi connectivity index (χ0) is 45.0. The van der Waals surface area contributed by atoms with Crippen LogP contribution in [0, 0.1) is 0 Å². The van der Waals surface area contributed by atoms with Gasteiger partial charge in [0, 0.05) is 43.9 Å². The molecule has 0 N–H and O–H groups in total. The van der Waals surface area contributed by atoms with E-state index in [-0.39, 0.29) is 0 Å². The zero-order valence-electron chi connectivity index (χ0n) is 36.8. The van der Waals surface area contributed by atoms with Crippen LogP contribution in [0.3, 0.4) is 0 Å². The molecule has 3 aromatic heterocycles. The van der Waals surface area contributed by atoms with Crippen molar-refractivity contribution >= 4 is 43.7 Å². The summed E-state index contributed by atoms with van der Waals surface area (Å²) in [6, 6.07) is 85.1. The number of hydrogen-bond donors (Lipinski definition) is 0. The van der Waals surface area contributed by atoms with Crippen molar-refractivity contribution in [1.82, 2.24) is 19.5 Å². The molecule has 13 aromatic rings. The molecule has 0 aliphatic carbocycles. The molecule has 0 aliphatic heterocycles. The summed E-state index contributed by atoms with van der Waals surface area (Å²) >= 11 is 0. The monoisotopic (exact) mass is 868 g/mol. The van der Waals surface area contributed by atoms with Gasteiger partial charge in [0.1, 0.15) is 11.2 Å². The number of aromatic nitrogens is 4. The fourth-order valence-electron chi connectivity index (χ4n) is 9.89. The maximum atomic E-state index is 6.85. The standard InChI is InChI=1S/C63H40N4O/c1-6-18-41(19-7-1)45-30-33-49(42-20-8-2-9-21-42)53(38-45)46-31-34-50(54(39-46)63-65-61(43-22-10-3-11-23-43)64-62(66-63)44-24-12-4-13-25-44)47-32-35-52-58(40-47)68-57-37-36-56-59(60(52)57)51-28-16-17-29-55(51)67(56)48-26-14-5-15-27-48/h1-40H. The molecule has 0 bridgehead atoms. The molecule has 68 heavy (non-hydrogen) atoms. The SMILES string of the molecule is c1ccc(-c2ccc(-c3ccccc3)c(-c3ccc(-c4ccc5c(c4)oc4ccc6c(c7ccccc7n6-c6ccccc6)c45)c(-c4nc(-c5ccccc5)nc(-c5ccccc5)n4)c3)c2)cc1. The van der Waals surface area contributed by atoms with Gasteiger partial charge >= 0.3 is 0 Å². The lowest BCUT2D eigenvalue weighted by Gasteiger charge is -2.17. The molecule has 10 aromatic carbocycles. The van der Waals surface area contributed by atoms with Crippen molar-refractivity contribution in [3.05, 3.63) is 243 Å². The van der Waals surface area contributed by atoms with E-state index < -0.39 is 0 Å². The zero-order valence-corrected chi connectivity index (χ0v) is 36.8. The highest BCUT2D eigenvalue weighted by Crippen LogP contribution is 2.44. The van der Waals surface area contributed by atoms with Crippen molar-refractivity contribution in [2.75, 3.05) is 0 Å². The fraction of sp³-hybridized carbons (Fsp3) is 0. The summed E-state index contributed by atoms with van der Waals surface area (Å²) in [5, 5.41) is 4.53. The van der Waals surface area contributed by atoms with Crippen LogP contribution in [-0.2, 0) is 0 Å². The van der Waals surface area contributed by atoms with Crippen LogP contribution >= 0.6 is 0 Å². The van der Waals surface area contributed by atoms with Gasteiger partial charge in [0.25, 0.3) is 0 Å². The number of hydrogen-bond acceptors (Lipinski definition) is 4. The maximum absolute atomic E-state index is 6.85. The molecule has 3 heterocycles. The first kappa shape index (κ1) is 39.2. The molecule has 0 aliphatic rings. The van der Waals surface area contributed by atoms with Gasteiger partial charge in [-0.05, 0) is 99.1 Å². The van der Waals surface area contributed by atoms with Gasteiger partial charge < -0.3 is 8.98 Å². The Hall–Kier alpha value is -9.19. The summed E-state index contributed by atoms with van der Waals surface area (Å²) in [4.78, 5) is 15.7. The topological polar surface area (TPSA) is 56.7 Å². The molecular weight excluding hydrogens is 829 g/mol. The normalized spacial score (nSPS) is 11.5. The number of nitrogens with zero attached hydrogens (tertiary/aromatic N) is 4. The predicted octanol–water partition coefficient (Wildman–Crippen LogP) is 16.5. The molecule has 0 saturated heterocycles. The number of fused-ring (bicyclic) bond motifs is 7. The lowest BCUT2D eigenvalue weighted by Crippen LogP contribution is -2.01. The Balaban J connectivity index is 1.05. The van der Waals surface area contributed by atoms with E-state index in [2.05, 4.69) is 211 Å². The van der Waals surface area contributed by atoms with E-state index in [1.54, 1.807) is 0 Å². The van der Waals surface area contributed by atoms with E-state index >= 15 is 0 Å². The smallest absolute Gasteiger partial charge is 0.164 e. The number of benzene rings is 10. The lowest BCUT2D eigenvalue weighted by atomic mass is 9.88. The minimum atomic E-state index is 0.579. The van der Waals surface area contributed by atoms with Gasteiger partial charge in [-0.15, -0.1) is 0 Å². The summed E-state index contributed by atoms with van der Waals surface area (Å²) in [7, 11) is 0. The Morgan fingerprint density at radius 3 is 1.47 bits per heavy atom. The van der Waals surface area contributed by atoms with Gasteiger partial charge in [-0.3, -0.25) is 0 Å². The van der Waals surface area contributed by atoms with Gasteiger partial charge in [-0.1, -0.05) is 188 Å². The molecule has 5 nitrogen and oxygen atoms in total. The van der Waals surface area contributed by atoms with Crippen LogP contribution in [0.1, 0.15) is 0 Å². The number of furan rings is 1. The van der Waals surface area contributed by atoms with Crippen LogP contribution in [-0.4, -0.2) is 19.5 Å². The third-order valence-electron chi connectivity index (χ3n) is 13.1. The second kappa shape index (κ2) is 16.4. The second-order valence-electron chi connectivity index (χ2n) is 17.1. The van der Waals surface area contributed by atoms with E-state index in [1.807, 2.05) is 36.4 Å². The Morgan fingerprint density at radius 2 is 0.794 bits per heavy atom. The predicted molar refractivity (Wildman–Crippen MR) is 279 cm³/mol. The summed E-state index contributed by atoms with van der Waals surface area (Å²) in [6.45, 7) is 0. The second-order valence-corrected chi connectivity index (χ2v) is 17.1. The Morgan fingerprint density at radius 1 is 0.279 bits per heavy atom. The first-order valence-electron chi connectivity index (χ1n) is 22.9. The quantitative estimate of drug-likeness (QED) is 0.153. The van der Waals surface area contributed by atoms with Crippen LogP contribution in [0.15, 0.2) is 247 Å². The van der Waals surface area contributed by atoms with Crippen molar-refractivity contribution in [3.63, 3.8) is 0 Å². The van der Waals surface area contributed by atoms with Gasteiger partial charge in [0.15, 0.2) is 17.5 Å². The molecular formula is C63H40N4O. The van der Waals surface area contributed by atoms with Crippen molar-refractivity contribution < 1.29 is 4.42 Å². The molecule has 0 spiro atoms. The average molecular weight is 869 g/mol. The molecule has 13 rings (SSSR count). The summed E-state index contributed by atoms with van der Waals surface area (Å²) < 4.78 is 9.20. The molecule has 0 saturated carbocycles. The van der Waals surface area contributed by atoms with Crippen LogP contribution < -0.4 is 0 Å². The van der Waals surface area contributed by atoms with Crippen LogP contribution in [0.2, 0.25) is 0 Å². The Labute approximate surface area is 392 Å². The van der Waals surface area contributed by atoms with E-state index in [9.17, 15) is 0 Å². The van der Waals surface area contributed by atoms with E-state index in [4.69, 9.17) is 19.4 Å². The molecule has 0 radical (unpaired) electrons. The summed E-state index contributed by atoms with van der Waals surface area (Å²) in [5.41, 5.74) is 16.5. The van der Waals surface area contributed by atoms with Crippen molar-refractivity contribution in [2.24, 2.45) is 0 Å². The Kier molecular flexibility index (Phi) is 9.43. The summed E-state index contributed by atoms with van der Waals surface area (Å²) in [6.07, 6.45) is 0. The number of rotatable bonds is 8. The average Bonchev–Trinajstić information content (AvgIpc) is 3.97. The molecule has 318 valence electrons. The third kappa shape index (κ3) is 6.76. The van der Waals surface area contributed by atoms with Crippen LogP contribution in [0.4, 0.5) is 0 Å². The molecule has 0 amide bonds. The van der Waals surface area contributed by atoms with Gasteiger partial charge in [-0.25, -0.2) is 15.0 Å². The largest absolute Gasteiger partial charge is 0.456 e. The van der Waals surface area contributed by atoms with Crippen molar-refractivity contribution in [1.29, 1.82) is 0 Å². The number of para-hydroxylation sites is 2. The lowest BCUT2D eigenvalue weighted by molar-refractivity contribution is 0.669. The molecule has 0 fully saturated rings. The van der Waals surface area contributed by atoms with Crippen LogP contribution in [0.25, 0.3) is 128 Å². The Bertz CT molecular complexity index is 3940. The van der Waals surface area contributed by atoms with E-state index in [1.165, 1.54) is 10.8 Å². The molecule has 0 atom stereocenters.